The number of rotatable bonds is 11. The van der Waals surface area contributed by atoms with Crippen molar-refractivity contribution in [1.29, 1.82) is 0 Å². The summed E-state index contributed by atoms with van der Waals surface area (Å²) in [5.41, 5.74) is 2.81. The van der Waals surface area contributed by atoms with Gasteiger partial charge < -0.3 is 20.1 Å². The van der Waals surface area contributed by atoms with Gasteiger partial charge in [-0.15, -0.1) is 0 Å². The van der Waals surface area contributed by atoms with Gasteiger partial charge >= 0.3 is 0 Å². The molecule has 0 amide bonds. The molecule has 0 saturated heterocycles. The molecular formula is C33H56O4. The summed E-state index contributed by atoms with van der Waals surface area (Å²) in [7, 11) is 0. The van der Waals surface area contributed by atoms with Crippen LogP contribution in [0.25, 0.3) is 0 Å². The molecule has 0 aromatic heterocycles. The van der Waals surface area contributed by atoms with E-state index in [2.05, 4.69) is 46.4 Å². The van der Waals surface area contributed by atoms with E-state index in [1.165, 1.54) is 44.9 Å². The fraction of sp³-hybridized carbons (Fsp3) is 0.818. The quantitative estimate of drug-likeness (QED) is 0.255. The zero-order chi connectivity index (χ0) is 27.4. The fourth-order valence-electron chi connectivity index (χ4n) is 7.64. The molecule has 1 unspecified atom stereocenters. The Morgan fingerprint density at radius 3 is 2.51 bits per heavy atom. The normalized spacial score (nSPS) is 35.9. The minimum absolute atomic E-state index is 0.393. The van der Waals surface area contributed by atoms with Crippen molar-refractivity contribution < 1.29 is 20.1 Å². The van der Waals surface area contributed by atoms with Crippen molar-refractivity contribution in [3.63, 3.8) is 0 Å². The van der Waals surface area contributed by atoms with Crippen molar-refractivity contribution >= 4 is 0 Å². The van der Waals surface area contributed by atoms with Crippen LogP contribution in [-0.4, -0.2) is 45.8 Å². The highest BCUT2D eigenvalue weighted by molar-refractivity contribution is 5.40. The van der Waals surface area contributed by atoms with Gasteiger partial charge in [0.05, 0.1) is 11.7 Å². The van der Waals surface area contributed by atoms with Crippen LogP contribution in [0, 0.1) is 29.1 Å². The van der Waals surface area contributed by atoms with Crippen molar-refractivity contribution in [2.45, 2.75) is 136 Å². The van der Waals surface area contributed by atoms with Crippen LogP contribution in [0.5, 0.6) is 0 Å². The van der Waals surface area contributed by atoms with Gasteiger partial charge in [0.25, 0.3) is 0 Å². The Labute approximate surface area is 227 Å². The zero-order valence-corrected chi connectivity index (χ0v) is 24.6. The van der Waals surface area contributed by atoms with Crippen LogP contribution in [0.15, 0.2) is 35.5 Å². The molecule has 3 aliphatic carbocycles. The lowest BCUT2D eigenvalue weighted by molar-refractivity contribution is -0.0976. The zero-order valence-electron chi connectivity index (χ0n) is 24.6. The molecule has 4 heteroatoms. The molecule has 3 N–H and O–H groups in total. The Morgan fingerprint density at radius 2 is 1.84 bits per heavy atom. The smallest absolute Gasteiger partial charge is 0.114 e. The summed E-state index contributed by atoms with van der Waals surface area (Å²) >= 11 is 0. The highest BCUT2D eigenvalue weighted by Crippen LogP contribution is 2.60. The van der Waals surface area contributed by atoms with E-state index in [-0.39, 0.29) is 0 Å². The summed E-state index contributed by atoms with van der Waals surface area (Å²) in [5.74, 6) is 3.04. The first-order chi connectivity index (χ1) is 17.3. The third kappa shape index (κ3) is 7.81. The molecule has 0 heterocycles. The molecule has 0 aromatic rings. The van der Waals surface area contributed by atoms with Crippen LogP contribution < -0.4 is 0 Å². The maximum absolute atomic E-state index is 10.9. The summed E-state index contributed by atoms with van der Waals surface area (Å²) in [5, 5.41) is 31.5. The lowest BCUT2D eigenvalue weighted by atomic mass is 9.60. The molecular weight excluding hydrogens is 460 g/mol. The summed E-state index contributed by atoms with van der Waals surface area (Å²) in [6, 6.07) is 0. The average Bonchev–Trinajstić information content (AvgIpc) is 3.16. The minimum atomic E-state index is -0.908. The summed E-state index contributed by atoms with van der Waals surface area (Å²) in [6.45, 7) is 17.8. The van der Waals surface area contributed by atoms with E-state index in [0.717, 1.165) is 29.7 Å². The largest absolute Gasteiger partial charge is 0.390 e. The number of hydrogen-bond donors (Lipinski definition) is 3. The van der Waals surface area contributed by atoms with Gasteiger partial charge in [-0.2, -0.15) is 0 Å². The number of aliphatic hydroxyl groups excluding tert-OH is 2. The lowest BCUT2D eigenvalue weighted by Crippen LogP contribution is -2.45. The van der Waals surface area contributed by atoms with E-state index in [1.807, 2.05) is 0 Å². The van der Waals surface area contributed by atoms with Crippen LogP contribution in [0.2, 0.25) is 0 Å². The minimum Gasteiger partial charge on any atom is -0.390 e. The SMILES string of the molecule is C=C1/C(=C\C=C2CCC[C@@]3(C)C2CC[C@@H]3[C@H](C)CCCC(C)C)C[C@@H](O)[C@@H](OCCCC(C)(C)O)[C@H]1O. The van der Waals surface area contributed by atoms with Crippen molar-refractivity contribution in [2.24, 2.45) is 29.1 Å². The Hall–Kier alpha value is -0.940. The highest BCUT2D eigenvalue weighted by Gasteiger charge is 2.50. The fourth-order valence-corrected chi connectivity index (χ4v) is 7.64. The molecule has 0 radical (unpaired) electrons. The maximum atomic E-state index is 10.9. The summed E-state index contributed by atoms with van der Waals surface area (Å²) in [6.07, 6.45) is 14.3. The number of hydrogen-bond acceptors (Lipinski definition) is 4. The highest BCUT2D eigenvalue weighted by atomic mass is 16.5. The van der Waals surface area contributed by atoms with Gasteiger partial charge in [0.2, 0.25) is 0 Å². The number of fused-ring (bicyclic) bond motifs is 1. The predicted octanol–water partition coefficient (Wildman–Crippen LogP) is 7.14. The van der Waals surface area contributed by atoms with Crippen molar-refractivity contribution in [3.8, 4) is 0 Å². The molecule has 3 rings (SSSR count). The second-order valence-corrected chi connectivity index (χ2v) is 13.8. The average molecular weight is 517 g/mol. The molecule has 0 spiro atoms. The van der Waals surface area contributed by atoms with E-state index < -0.39 is 23.9 Å². The molecule has 3 saturated carbocycles. The maximum Gasteiger partial charge on any atom is 0.114 e. The number of allylic oxidation sites excluding steroid dienone is 3. The van der Waals surface area contributed by atoms with E-state index in [4.69, 9.17) is 4.74 Å². The van der Waals surface area contributed by atoms with E-state index in [9.17, 15) is 15.3 Å². The molecule has 0 bridgehead atoms. The molecule has 3 aliphatic rings. The Morgan fingerprint density at radius 1 is 1.11 bits per heavy atom. The second kappa shape index (κ2) is 12.9. The first-order valence-corrected chi connectivity index (χ1v) is 15.1. The van der Waals surface area contributed by atoms with Gasteiger partial charge in [0.15, 0.2) is 0 Å². The summed E-state index contributed by atoms with van der Waals surface area (Å²) < 4.78 is 5.85. The lowest BCUT2D eigenvalue weighted by Gasteiger charge is -2.44. The number of ether oxygens (including phenoxy) is 1. The predicted molar refractivity (Wildman–Crippen MR) is 153 cm³/mol. The van der Waals surface area contributed by atoms with Gasteiger partial charge in [-0.1, -0.05) is 71.3 Å². The molecule has 7 atom stereocenters. The van der Waals surface area contributed by atoms with Crippen LogP contribution in [0.1, 0.15) is 112 Å². The molecule has 0 aliphatic heterocycles. The second-order valence-electron chi connectivity index (χ2n) is 13.8. The van der Waals surface area contributed by atoms with Crippen LogP contribution in [-0.2, 0) is 4.74 Å². The summed E-state index contributed by atoms with van der Waals surface area (Å²) in [4.78, 5) is 0. The molecule has 4 nitrogen and oxygen atoms in total. The van der Waals surface area contributed by atoms with Crippen molar-refractivity contribution in [3.05, 3.63) is 35.5 Å². The Bertz CT molecular complexity index is 819. The van der Waals surface area contributed by atoms with Crippen LogP contribution in [0.3, 0.4) is 0 Å². The Balaban J connectivity index is 1.63. The topological polar surface area (TPSA) is 69.9 Å². The third-order valence-corrected chi connectivity index (χ3v) is 9.80. The number of aliphatic hydroxyl groups is 3. The molecule has 212 valence electrons. The van der Waals surface area contributed by atoms with E-state index in [0.29, 0.717) is 42.8 Å². The van der Waals surface area contributed by atoms with Crippen LogP contribution >= 0.6 is 0 Å². The van der Waals surface area contributed by atoms with Crippen molar-refractivity contribution in [2.75, 3.05) is 6.61 Å². The molecule has 0 aromatic carbocycles. The van der Waals surface area contributed by atoms with E-state index in [1.54, 1.807) is 19.4 Å². The van der Waals surface area contributed by atoms with Crippen molar-refractivity contribution in [1.82, 2.24) is 0 Å². The van der Waals surface area contributed by atoms with Gasteiger partial charge in [-0.3, -0.25) is 0 Å². The monoisotopic (exact) mass is 516 g/mol. The van der Waals surface area contributed by atoms with Crippen LogP contribution in [0.4, 0.5) is 0 Å². The van der Waals surface area contributed by atoms with E-state index >= 15 is 0 Å². The Kier molecular flexibility index (Phi) is 10.7. The van der Waals surface area contributed by atoms with Gasteiger partial charge in [-0.25, -0.2) is 0 Å². The third-order valence-electron chi connectivity index (χ3n) is 9.80. The van der Waals surface area contributed by atoms with Gasteiger partial charge in [0, 0.05) is 13.0 Å². The standard InChI is InChI=1S/C33H56O4/c1-22(2)11-8-12-23(3)27-16-17-28-25(13-9-19-33(27,28)7)14-15-26-21-29(34)31(30(35)24(26)4)37-20-10-18-32(5,6)36/h14-15,22-23,27-31,34-36H,4,8-13,16-21H2,1-3,5-7H3/b25-14?,26-15-/t23-,27-,28?,29-,30+,31-,33-/m1/s1. The first-order valence-electron chi connectivity index (χ1n) is 15.1. The first kappa shape index (κ1) is 30.6. The van der Waals surface area contributed by atoms with Gasteiger partial charge in [0.1, 0.15) is 12.2 Å². The van der Waals surface area contributed by atoms with Gasteiger partial charge in [-0.05, 0) is 99.0 Å². The molecule has 3 fully saturated rings. The molecule has 37 heavy (non-hydrogen) atoms.